The standard InChI is InChI=1S/C16H25NO/c1-5-10-18-13-8-6-12(7-9-13)15(17-4)14-11-16(14,2)3/h6-9,14-15,17H,5,10-11H2,1-4H3. The summed E-state index contributed by atoms with van der Waals surface area (Å²) in [7, 11) is 2.06. The SMILES string of the molecule is CCCOc1ccc(C(NC)C2CC2(C)C)cc1. The maximum Gasteiger partial charge on any atom is 0.119 e. The monoisotopic (exact) mass is 247 g/mol. The summed E-state index contributed by atoms with van der Waals surface area (Å²) in [6.07, 6.45) is 2.36. The fourth-order valence-corrected chi connectivity index (χ4v) is 2.67. The van der Waals surface area contributed by atoms with E-state index in [0.717, 1.165) is 24.7 Å². The number of hydrogen-bond acceptors (Lipinski definition) is 2. The van der Waals surface area contributed by atoms with E-state index in [1.54, 1.807) is 0 Å². The van der Waals surface area contributed by atoms with Crippen molar-refractivity contribution in [2.45, 2.75) is 39.7 Å². The van der Waals surface area contributed by atoms with Crippen LogP contribution < -0.4 is 10.1 Å². The Morgan fingerprint density at radius 3 is 2.39 bits per heavy atom. The Morgan fingerprint density at radius 1 is 1.33 bits per heavy atom. The molecule has 1 aliphatic rings. The van der Waals surface area contributed by atoms with Crippen LogP contribution in [0.3, 0.4) is 0 Å². The van der Waals surface area contributed by atoms with Gasteiger partial charge in [-0.15, -0.1) is 0 Å². The zero-order valence-corrected chi connectivity index (χ0v) is 12.0. The molecule has 100 valence electrons. The molecule has 2 nitrogen and oxygen atoms in total. The minimum absolute atomic E-state index is 0.472. The van der Waals surface area contributed by atoms with E-state index in [4.69, 9.17) is 4.74 Å². The van der Waals surface area contributed by atoms with Gasteiger partial charge in [-0.05, 0) is 48.9 Å². The van der Waals surface area contributed by atoms with Crippen molar-refractivity contribution in [3.8, 4) is 5.75 Å². The highest BCUT2D eigenvalue weighted by atomic mass is 16.5. The van der Waals surface area contributed by atoms with Crippen molar-refractivity contribution in [2.24, 2.45) is 11.3 Å². The molecule has 0 aromatic heterocycles. The van der Waals surface area contributed by atoms with Crippen LogP contribution in [0, 0.1) is 11.3 Å². The Hall–Kier alpha value is -1.02. The van der Waals surface area contributed by atoms with E-state index in [9.17, 15) is 0 Å². The summed E-state index contributed by atoms with van der Waals surface area (Å²) in [5, 5.41) is 3.46. The first-order chi connectivity index (χ1) is 8.58. The van der Waals surface area contributed by atoms with Crippen LogP contribution in [0.4, 0.5) is 0 Å². The number of ether oxygens (including phenoxy) is 1. The van der Waals surface area contributed by atoms with Gasteiger partial charge in [-0.25, -0.2) is 0 Å². The summed E-state index contributed by atoms with van der Waals surface area (Å²) in [6.45, 7) is 7.62. The Balaban J connectivity index is 2.03. The molecule has 0 radical (unpaired) electrons. The van der Waals surface area contributed by atoms with Gasteiger partial charge in [0, 0.05) is 6.04 Å². The smallest absolute Gasteiger partial charge is 0.119 e. The van der Waals surface area contributed by atoms with Crippen molar-refractivity contribution < 1.29 is 4.74 Å². The van der Waals surface area contributed by atoms with Gasteiger partial charge in [-0.1, -0.05) is 32.9 Å². The average Bonchev–Trinajstić information content (AvgIpc) is 2.98. The summed E-state index contributed by atoms with van der Waals surface area (Å²) in [6, 6.07) is 9.04. The van der Waals surface area contributed by atoms with E-state index < -0.39 is 0 Å². The minimum Gasteiger partial charge on any atom is -0.494 e. The highest BCUT2D eigenvalue weighted by Gasteiger charge is 2.49. The van der Waals surface area contributed by atoms with E-state index >= 15 is 0 Å². The second-order valence-electron chi connectivity index (χ2n) is 5.98. The number of rotatable bonds is 6. The molecular formula is C16H25NO. The molecule has 2 unspecified atom stereocenters. The first kappa shape index (κ1) is 13.4. The molecule has 1 aliphatic carbocycles. The lowest BCUT2D eigenvalue weighted by Gasteiger charge is -2.19. The van der Waals surface area contributed by atoms with Crippen LogP contribution in [-0.2, 0) is 0 Å². The third-order valence-electron chi connectivity index (χ3n) is 4.02. The van der Waals surface area contributed by atoms with E-state index in [1.165, 1.54) is 12.0 Å². The predicted molar refractivity (Wildman–Crippen MR) is 75.9 cm³/mol. The summed E-state index contributed by atoms with van der Waals surface area (Å²) in [5.41, 5.74) is 1.86. The highest BCUT2D eigenvalue weighted by molar-refractivity contribution is 5.30. The van der Waals surface area contributed by atoms with Crippen LogP contribution in [-0.4, -0.2) is 13.7 Å². The molecule has 2 atom stereocenters. The normalized spacial score (nSPS) is 22.6. The van der Waals surface area contributed by atoms with Crippen molar-refractivity contribution in [3.05, 3.63) is 29.8 Å². The molecule has 0 saturated heterocycles. The molecule has 0 heterocycles. The molecule has 2 rings (SSSR count). The summed E-state index contributed by atoms with van der Waals surface area (Å²) < 4.78 is 5.62. The molecule has 1 fully saturated rings. The maximum absolute atomic E-state index is 5.62. The van der Waals surface area contributed by atoms with Crippen LogP contribution in [0.2, 0.25) is 0 Å². The van der Waals surface area contributed by atoms with Gasteiger partial charge in [-0.2, -0.15) is 0 Å². The molecule has 1 aromatic rings. The third-order valence-corrected chi connectivity index (χ3v) is 4.02. The topological polar surface area (TPSA) is 21.3 Å². The average molecular weight is 247 g/mol. The molecule has 18 heavy (non-hydrogen) atoms. The predicted octanol–water partition coefficient (Wildman–Crippen LogP) is 3.78. The van der Waals surface area contributed by atoms with E-state index in [1.807, 2.05) is 0 Å². The van der Waals surface area contributed by atoms with Crippen LogP contribution in [0.1, 0.15) is 45.2 Å². The lowest BCUT2D eigenvalue weighted by atomic mass is 9.97. The van der Waals surface area contributed by atoms with Gasteiger partial charge in [0.05, 0.1) is 6.61 Å². The zero-order valence-electron chi connectivity index (χ0n) is 12.0. The van der Waals surface area contributed by atoms with Crippen molar-refractivity contribution in [2.75, 3.05) is 13.7 Å². The Morgan fingerprint density at radius 2 is 1.94 bits per heavy atom. The number of nitrogens with one attached hydrogen (secondary N) is 1. The second-order valence-corrected chi connectivity index (χ2v) is 5.98. The Bertz CT molecular complexity index is 383. The molecular weight excluding hydrogens is 222 g/mol. The second kappa shape index (κ2) is 5.31. The van der Waals surface area contributed by atoms with Crippen LogP contribution in [0.15, 0.2) is 24.3 Å². The zero-order chi connectivity index (χ0) is 13.2. The van der Waals surface area contributed by atoms with E-state index in [-0.39, 0.29) is 0 Å². The van der Waals surface area contributed by atoms with Crippen molar-refractivity contribution in [3.63, 3.8) is 0 Å². The summed E-state index contributed by atoms with van der Waals surface area (Å²) in [4.78, 5) is 0. The van der Waals surface area contributed by atoms with E-state index in [2.05, 4.69) is 57.4 Å². The maximum atomic E-state index is 5.62. The molecule has 1 aromatic carbocycles. The Kier molecular flexibility index (Phi) is 3.96. The van der Waals surface area contributed by atoms with Crippen molar-refractivity contribution >= 4 is 0 Å². The van der Waals surface area contributed by atoms with Crippen LogP contribution in [0.25, 0.3) is 0 Å². The van der Waals surface area contributed by atoms with Gasteiger partial charge in [-0.3, -0.25) is 0 Å². The lowest BCUT2D eigenvalue weighted by Crippen LogP contribution is -2.20. The lowest BCUT2D eigenvalue weighted by molar-refractivity contribution is 0.317. The first-order valence-electron chi connectivity index (χ1n) is 6.98. The fourth-order valence-electron chi connectivity index (χ4n) is 2.67. The van der Waals surface area contributed by atoms with Crippen LogP contribution in [0.5, 0.6) is 5.75 Å². The molecule has 1 N–H and O–H groups in total. The summed E-state index contributed by atoms with van der Waals surface area (Å²) in [5.74, 6) is 1.73. The quantitative estimate of drug-likeness (QED) is 0.826. The van der Waals surface area contributed by atoms with Gasteiger partial charge in [0.15, 0.2) is 0 Å². The largest absolute Gasteiger partial charge is 0.494 e. The number of hydrogen-bond donors (Lipinski definition) is 1. The molecule has 0 amide bonds. The van der Waals surface area contributed by atoms with Crippen LogP contribution >= 0.6 is 0 Å². The van der Waals surface area contributed by atoms with Gasteiger partial charge in [0.2, 0.25) is 0 Å². The fraction of sp³-hybridized carbons (Fsp3) is 0.625. The third kappa shape index (κ3) is 2.86. The molecule has 0 spiro atoms. The summed E-state index contributed by atoms with van der Waals surface area (Å²) >= 11 is 0. The molecule has 0 bridgehead atoms. The highest BCUT2D eigenvalue weighted by Crippen LogP contribution is 2.57. The van der Waals surface area contributed by atoms with Crippen molar-refractivity contribution in [1.29, 1.82) is 0 Å². The van der Waals surface area contributed by atoms with Gasteiger partial charge < -0.3 is 10.1 Å². The molecule has 1 saturated carbocycles. The van der Waals surface area contributed by atoms with Gasteiger partial charge >= 0.3 is 0 Å². The molecule has 2 heteroatoms. The van der Waals surface area contributed by atoms with Crippen molar-refractivity contribution in [1.82, 2.24) is 5.32 Å². The minimum atomic E-state index is 0.472. The first-order valence-corrected chi connectivity index (χ1v) is 6.98. The van der Waals surface area contributed by atoms with Gasteiger partial charge in [0.1, 0.15) is 5.75 Å². The molecule has 0 aliphatic heterocycles. The number of benzene rings is 1. The van der Waals surface area contributed by atoms with Gasteiger partial charge in [0.25, 0.3) is 0 Å². The Labute approximate surface area is 111 Å². The van der Waals surface area contributed by atoms with E-state index in [0.29, 0.717) is 11.5 Å².